The molecule has 4 fully saturated rings. The maximum absolute atomic E-state index is 15.0. The number of amides is 1. The average molecular weight is 567 g/mol. The van der Waals surface area contributed by atoms with Crippen LogP contribution in [0.25, 0.3) is 0 Å². The number of hydrogen-bond acceptors (Lipinski definition) is 6. The molecule has 1 amide bonds. The van der Waals surface area contributed by atoms with Crippen molar-refractivity contribution in [1.29, 1.82) is 0 Å². The summed E-state index contributed by atoms with van der Waals surface area (Å²) in [5, 5.41) is 0.897. The summed E-state index contributed by atoms with van der Waals surface area (Å²) in [4.78, 5) is 22.7. The van der Waals surface area contributed by atoms with Crippen LogP contribution in [-0.2, 0) is 37.4 Å². The number of fused-ring (bicyclic) bond motifs is 3. The number of nitrogens with zero attached hydrogens (tertiary/aromatic N) is 2. The molecule has 6 aliphatic rings. The third kappa shape index (κ3) is 4.77. The highest BCUT2D eigenvalue weighted by molar-refractivity contribution is 8.13. The summed E-state index contributed by atoms with van der Waals surface area (Å²) in [5.74, 6) is 2.79. The second kappa shape index (κ2) is 11.0. The first-order valence-electron chi connectivity index (χ1n) is 15.9. The van der Waals surface area contributed by atoms with Crippen LogP contribution in [-0.4, -0.2) is 66.9 Å². The van der Waals surface area contributed by atoms with Gasteiger partial charge in [-0.15, -0.1) is 0 Å². The zero-order valence-electron chi connectivity index (χ0n) is 24.4. The highest BCUT2D eigenvalue weighted by atomic mass is 32.2. The summed E-state index contributed by atoms with van der Waals surface area (Å²) in [7, 11) is 1.83. The van der Waals surface area contributed by atoms with Crippen molar-refractivity contribution in [3.05, 3.63) is 34.9 Å². The van der Waals surface area contributed by atoms with Crippen molar-refractivity contribution >= 4 is 22.8 Å². The molecule has 7 rings (SSSR count). The highest BCUT2D eigenvalue weighted by Crippen LogP contribution is 2.62. The molecule has 218 valence electrons. The molecule has 1 aromatic rings. The van der Waals surface area contributed by atoms with Crippen LogP contribution in [0.4, 0.5) is 0 Å². The first-order chi connectivity index (χ1) is 19.5. The largest absolute Gasteiger partial charge is 0.381 e. The summed E-state index contributed by atoms with van der Waals surface area (Å²) < 4.78 is 17.8. The van der Waals surface area contributed by atoms with Gasteiger partial charge in [0.25, 0.3) is 5.91 Å². The smallest absolute Gasteiger partial charge is 0.261 e. The number of amidine groups is 1. The van der Waals surface area contributed by atoms with E-state index in [0.29, 0.717) is 6.54 Å². The molecule has 1 aromatic carbocycles. The maximum Gasteiger partial charge on any atom is 0.261 e. The van der Waals surface area contributed by atoms with Crippen molar-refractivity contribution in [2.45, 2.75) is 108 Å². The second-order valence-corrected chi connectivity index (χ2v) is 14.5. The van der Waals surface area contributed by atoms with Gasteiger partial charge in [-0.2, -0.15) is 0 Å². The normalized spacial score (nSPS) is 38.5. The zero-order chi connectivity index (χ0) is 27.3. The van der Waals surface area contributed by atoms with E-state index in [1.54, 1.807) is 11.8 Å². The molecule has 5 atom stereocenters. The molecule has 0 N–H and O–H groups in total. The Labute approximate surface area is 244 Å². The van der Waals surface area contributed by atoms with Gasteiger partial charge in [0, 0.05) is 31.5 Å². The lowest BCUT2D eigenvalue weighted by molar-refractivity contribution is -0.139. The van der Waals surface area contributed by atoms with E-state index in [-0.39, 0.29) is 29.6 Å². The predicted octanol–water partition coefficient (Wildman–Crippen LogP) is 5.89. The summed E-state index contributed by atoms with van der Waals surface area (Å²) in [6, 6.07) is 7.06. The van der Waals surface area contributed by atoms with E-state index in [1.165, 1.54) is 29.5 Å². The van der Waals surface area contributed by atoms with Crippen LogP contribution in [0, 0.1) is 17.3 Å². The Balaban J connectivity index is 1.26. The van der Waals surface area contributed by atoms with Gasteiger partial charge in [-0.1, -0.05) is 36.9 Å². The molecule has 40 heavy (non-hydrogen) atoms. The number of thioether (sulfide) groups is 1. The van der Waals surface area contributed by atoms with E-state index in [1.807, 2.05) is 12.0 Å². The Morgan fingerprint density at radius 1 is 1.10 bits per heavy atom. The molecular formula is C33H46N2O4S. The fourth-order valence-corrected chi connectivity index (χ4v) is 9.49. The summed E-state index contributed by atoms with van der Waals surface area (Å²) in [6.07, 6.45) is 13.5. The summed E-state index contributed by atoms with van der Waals surface area (Å²) in [5.41, 5.74) is 2.88. The predicted molar refractivity (Wildman–Crippen MR) is 159 cm³/mol. The molecule has 2 spiro atoms. The van der Waals surface area contributed by atoms with E-state index in [2.05, 4.69) is 25.1 Å². The SMILES string of the molecule is COC1CCC2(CC1)Cc1ccc(CCC3CC3C)cc1C21N=C(SCC2CCCO2)N(CC2CCCO2)C1=O. The van der Waals surface area contributed by atoms with Gasteiger partial charge in [0.2, 0.25) is 0 Å². The van der Waals surface area contributed by atoms with Gasteiger partial charge < -0.3 is 14.2 Å². The lowest BCUT2D eigenvalue weighted by Gasteiger charge is -2.45. The lowest BCUT2D eigenvalue weighted by Crippen LogP contribution is -2.52. The van der Waals surface area contributed by atoms with Crippen molar-refractivity contribution in [2.24, 2.45) is 22.2 Å². The number of carbonyl (C=O) groups is 1. The molecule has 2 saturated heterocycles. The van der Waals surface area contributed by atoms with Crippen LogP contribution < -0.4 is 0 Å². The van der Waals surface area contributed by atoms with Crippen LogP contribution in [0.2, 0.25) is 0 Å². The van der Waals surface area contributed by atoms with Crippen LogP contribution in [0.5, 0.6) is 0 Å². The molecule has 3 aliphatic heterocycles. The number of hydrogen-bond donors (Lipinski definition) is 0. The monoisotopic (exact) mass is 566 g/mol. The van der Waals surface area contributed by atoms with Crippen LogP contribution >= 0.6 is 11.8 Å². The van der Waals surface area contributed by atoms with Gasteiger partial charge in [0.05, 0.1) is 24.9 Å². The minimum absolute atomic E-state index is 0.0977. The summed E-state index contributed by atoms with van der Waals surface area (Å²) in [6.45, 7) is 4.62. The Morgan fingerprint density at radius 2 is 1.85 bits per heavy atom. The Bertz CT molecular complexity index is 1140. The zero-order valence-corrected chi connectivity index (χ0v) is 25.2. The molecule has 3 aliphatic carbocycles. The van der Waals surface area contributed by atoms with E-state index < -0.39 is 5.54 Å². The first-order valence-corrected chi connectivity index (χ1v) is 16.9. The quantitative estimate of drug-likeness (QED) is 0.393. The number of ether oxygens (including phenoxy) is 3. The van der Waals surface area contributed by atoms with Gasteiger partial charge in [0.15, 0.2) is 10.7 Å². The van der Waals surface area contributed by atoms with Crippen LogP contribution in [0.3, 0.4) is 0 Å². The fraction of sp³-hybridized carbons (Fsp3) is 0.758. The number of rotatable bonds is 8. The number of benzene rings is 1. The lowest BCUT2D eigenvalue weighted by atomic mass is 9.61. The van der Waals surface area contributed by atoms with E-state index >= 15 is 4.79 Å². The van der Waals surface area contributed by atoms with Gasteiger partial charge in [-0.25, -0.2) is 4.99 Å². The minimum atomic E-state index is -0.832. The van der Waals surface area contributed by atoms with Gasteiger partial charge in [-0.05, 0) is 106 Å². The third-order valence-electron chi connectivity index (χ3n) is 11.0. The first kappa shape index (κ1) is 27.4. The molecule has 0 aromatic heterocycles. The van der Waals surface area contributed by atoms with Crippen molar-refractivity contribution in [1.82, 2.24) is 4.90 Å². The van der Waals surface area contributed by atoms with Crippen molar-refractivity contribution in [2.75, 3.05) is 32.6 Å². The Hall–Kier alpha value is -1.41. The Morgan fingerprint density at radius 3 is 2.52 bits per heavy atom. The molecule has 0 bridgehead atoms. The van der Waals surface area contributed by atoms with Crippen LogP contribution in [0.15, 0.2) is 23.2 Å². The maximum atomic E-state index is 15.0. The molecular weight excluding hydrogens is 520 g/mol. The standard InChI is InChI=1S/C33H46N2O4S/c1-22-17-24(22)9-7-23-8-10-25-19-32(13-11-26(37-2)12-14-32)33(29(25)18-23)30(36)35(20-27-5-3-15-38-27)31(34-33)40-21-28-6-4-16-39-28/h8,10,18,22,24,26-28H,3-7,9,11-17,19-21H2,1-2H3. The van der Waals surface area contributed by atoms with E-state index in [9.17, 15) is 0 Å². The van der Waals surface area contributed by atoms with Crippen LogP contribution in [0.1, 0.15) is 87.8 Å². The molecule has 3 heterocycles. The minimum Gasteiger partial charge on any atom is -0.381 e. The average Bonchev–Trinajstić information content (AvgIpc) is 3.45. The van der Waals surface area contributed by atoms with Gasteiger partial charge >= 0.3 is 0 Å². The molecule has 0 radical (unpaired) electrons. The molecule has 7 heteroatoms. The Kier molecular flexibility index (Phi) is 7.55. The van der Waals surface area contributed by atoms with Gasteiger partial charge in [0.1, 0.15) is 0 Å². The molecule has 5 unspecified atom stereocenters. The van der Waals surface area contributed by atoms with E-state index in [4.69, 9.17) is 19.2 Å². The molecule has 2 saturated carbocycles. The number of aryl methyl sites for hydroxylation is 1. The van der Waals surface area contributed by atoms with Gasteiger partial charge in [-0.3, -0.25) is 9.69 Å². The fourth-order valence-electron chi connectivity index (χ4n) is 8.38. The highest BCUT2D eigenvalue weighted by Gasteiger charge is 2.67. The third-order valence-corrected chi connectivity index (χ3v) is 12.2. The second-order valence-electron chi connectivity index (χ2n) is 13.5. The summed E-state index contributed by atoms with van der Waals surface area (Å²) >= 11 is 1.74. The molecule has 6 nitrogen and oxygen atoms in total. The topological polar surface area (TPSA) is 60.4 Å². The van der Waals surface area contributed by atoms with Crippen molar-refractivity contribution in [3.63, 3.8) is 0 Å². The van der Waals surface area contributed by atoms with E-state index in [0.717, 1.165) is 100 Å². The number of carbonyl (C=O) groups excluding carboxylic acids is 1. The van der Waals surface area contributed by atoms with Crippen molar-refractivity contribution in [3.8, 4) is 0 Å². The number of methoxy groups -OCH3 is 1. The van der Waals surface area contributed by atoms with Crippen molar-refractivity contribution < 1.29 is 19.0 Å². The number of aliphatic imine (C=N–C) groups is 1.